The highest BCUT2D eigenvalue weighted by Crippen LogP contribution is 2.31. The van der Waals surface area contributed by atoms with E-state index in [9.17, 15) is 19.3 Å². The molecule has 2 aliphatic heterocycles. The van der Waals surface area contributed by atoms with E-state index in [-0.39, 0.29) is 11.8 Å². The number of carbonyl (C=O) groups excluding carboxylic acids is 1. The lowest BCUT2D eigenvalue weighted by Crippen LogP contribution is -2.50. The number of rotatable bonds is 11. The van der Waals surface area contributed by atoms with Gasteiger partial charge in [-0.3, -0.25) is 19.9 Å². The number of amides is 1. The van der Waals surface area contributed by atoms with Crippen LogP contribution in [0.2, 0.25) is 0 Å². The van der Waals surface area contributed by atoms with E-state index in [2.05, 4.69) is 44.7 Å². The first-order valence-corrected chi connectivity index (χ1v) is 21.9. The Balaban J connectivity index is 0.000000174. The molecule has 0 unspecified atom stereocenters. The normalized spacial score (nSPS) is 14.4. The number of nitrogens with one attached hydrogen (secondary N) is 4. The van der Waals surface area contributed by atoms with E-state index in [1.165, 1.54) is 12.1 Å². The summed E-state index contributed by atoms with van der Waals surface area (Å²) in [5.74, 6) is 0.600. The third kappa shape index (κ3) is 13.1. The van der Waals surface area contributed by atoms with Crippen LogP contribution in [-0.2, 0) is 4.74 Å². The number of imidazole rings is 2. The largest absolute Gasteiger partial charge is 0.490 e. The lowest BCUT2D eigenvalue weighted by molar-refractivity contribution is -0.386. The summed E-state index contributed by atoms with van der Waals surface area (Å²) in [5, 5.41) is 13.3. The maximum Gasteiger partial charge on any atom is 0.410 e. The number of nitro groups is 1. The van der Waals surface area contributed by atoms with E-state index < -0.39 is 22.0 Å². The quantitative estimate of drug-likeness (QED) is 0.0136. The summed E-state index contributed by atoms with van der Waals surface area (Å²) in [6.45, 7) is 15.3. The Morgan fingerprint density at radius 3 is 1.83 bits per heavy atom. The van der Waals surface area contributed by atoms with Crippen molar-refractivity contribution in [2.24, 2.45) is 5.11 Å². The van der Waals surface area contributed by atoms with Crippen molar-refractivity contribution in [2.75, 3.05) is 95.0 Å². The monoisotopic (exact) mass is 944 g/mol. The molecule has 0 radical (unpaired) electrons. The second kappa shape index (κ2) is 22.3. The Morgan fingerprint density at radius 1 is 0.803 bits per heavy atom. The average Bonchev–Trinajstić information content (AvgIpc) is 3.87. The van der Waals surface area contributed by atoms with E-state index in [0.717, 1.165) is 97.7 Å². The number of anilines is 3. The lowest BCUT2D eigenvalue weighted by atomic mass is 10.2. The number of hydrogen-bond acceptors (Lipinski definition) is 14. The molecular formula is C43H53FN14O6S2. The van der Waals surface area contributed by atoms with Crippen LogP contribution in [0.3, 0.4) is 0 Å². The van der Waals surface area contributed by atoms with Crippen LogP contribution in [0.5, 0.6) is 11.5 Å². The molecule has 0 aliphatic carbocycles. The summed E-state index contributed by atoms with van der Waals surface area (Å²) in [6, 6.07) is 20.9. The first kappa shape index (κ1) is 48.5. The molecule has 8 rings (SSSR count). The number of benzene rings is 4. The summed E-state index contributed by atoms with van der Waals surface area (Å²) < 4.78 is 31.3. The number of nitrogens with two attached hydrogens (primary N) is 2. The van der Waals surface area contributed by atoms with Crippen LogP contribution in [0.15, 0.2) is 77.9 Å². The number of halogens is 1. The van der Waals surface area contributed by atoms with Gasteiger partial charge in [0.2, 0.25) is 5.82 Å². The summed E-state index contributed by atoms with van der Waals surface area (Å²) in [7, 11) is 0. The Hall–Kier alpha value is -6.91. The van der Waals surface area contributed by atoms with E-state index in [4.69, 9.17) is 55.6 Å². The first-order chi connectivity index (χ1) is 31.6. The zero-order valence-corrected chi connectivity index (χ0v) is 38.4. The highest BCUT2D eigenvalue weighted by atomic mass is 32.1. The molecule has 2 fully saturated rings. The molecule has 0 saturated carbocycles. The van der Waals surface area contributed by atoms with E-state index >= 15 is 0 Å². The summed E-state index contributed by atoms with van der Waals surface area (Å²) in [5.41, 5.74) is 24.6. The molecule has 1 amide bonds. The molecule has 23 heteroatoms. The number of H-pyrrole nitrogens is 4. The van der Waals surface area contributed by atoms with Gasteiger partial charge in [0.1, 0.15) is 47.0 Å². The lowest BCUT2D eigenvalue weighted by Gasteiger charge is -2.36. The molecular weight excluding hydrogens is 892 g/mol. The zero-order chi connectivity index (χ0) is 47.4. The van der Waals surface area contributed by atoms with Crippen molar-refractivity contribution in [3.8, 4) is 11.5 Å². The maximum absolute atomic E-state index is 12.8. The van der Waals surface area contributed by atoms with Crippen LogP contribution in [0, 0.1) is 25.5 Å². The Bertz CT molecular complexity index is 2780. The minimum atomic E-state index is -1.02. The van der Waals surface area contributed by atoms with Gasteiger partial charge in [-0.1, -0.05) is 29.4 Å². The molecule has 0 spiro atoms. The van der Waals surface area contributed by atoms with Crippen LogP contribution >= 0.6 is 24.4 Å². The van der Waals surface area contributed by atoms with Gasteiger partial charge in [-0.2, -0.15) is 4.39 Å². The molecule has 0 bridgehead atoms. The van der Waals surface area contributed by atoms with Gasteiger partial charge < -0.3 is 55.4 Å². The van der Waals surface area contributed by atoms with E-state index in [1.807, 2.05) is 75.4 Å². The maximum atomic E-state index is 12.8. The molecule has 4 heterocycles. The number of aromatic nitrogens is 4. The first-order valence-electron chi connectivity index (χ1n) is 21.1. The van der Waals surface area contributed by atoms with Crippen LogP contribution in [-0.4, -0.2) is 130 Å². The number of aromatic amines is 4. The fourth-order valence-electron chi connectivity index (χ4n) is 7.23. The topological polar surface area (TPSA) is 265 Å². The Labute approximate surface area is 389 Å². The summed E-state index contributed by atoms with van der Waals surface area (Å²) >= 11 is 10.3. The predicted molar refractivity (Wildman–Crippen MR) is 258 cm³/mol. The molecule has 6 aromatic rings. The third-order valence-electron chi connectivity index (χ3n) is 10.5. The van der Waals surface area contributed by atoms with Crippen LogP contribution < -0.4 is 25.8 Å². The van der Waals surface area contributed by atoms with Gasteiger partial charge in [-0.15, -0.1) is 0 Å². The molecule has 66 heavy (non-hydrogen) atoms. The minimum Gasteiger partial charge on any atom is -0.490 e. The molecule has 2 aromatic heterocycles. The van der Waals surface area contributed by atoms with Crippen molar-refractivity contribution >= 4 is 81.0 Å². The highest BCUT2D eigenvalue weighted by molar-refractivity contribution is 7.71. The number of piperazine rings is 2. The summed E-state index contributed by atoms with van der Waals surface area (Å²) in [6.07, 6.45) is -0.234. The number of nitrogen functional groups attached to an aromatic ring is 2. The van der Waals surface area contributed by atoms with Gasteiger partial charge >= 0.3 is 11.8 Å². The summed E-state index contributed by atoms with van der Waals surface area (Å²) in [4.78, 5) is 45.0. The number of ether oxygens (including phenoxy) is 3. The SMILES string of the molecule is CC(C)(C)OC(=O)N1CCN(CCOc2cccc3[nH]c(=S)[nH]c23)CC1.Nc1cccc(N2CCN(CCOc3cccc4[nH]c(=S)[nH]c34)CC2)c1N.[N-]=[N+]=Nc1cccc(F)c1[N+](=O)[O-]. The minimum absolute atomic E-state index is 0.234. The van der Waals surface area contributed by atoms with Gasteiger partial charge in [0.05, 0.1) is 33.0 Å². The fraction of sp³-hybridized carbons (Fsp3) is 0.372. The van der Waals surface area contributed by atoms with Gasteiger partial charge in [-0.05, 0) is 99.3 Å². The number of para-hydroxylation sites is 4. The smallest absolute Gasteiger partial charge is 0.410 e. The van der Waals surface area contributed by atoms with Crippen molar-refractivity contribution in [3.05, 3.63) is 109 Å². The molecule has 0 atom stereocenters. The van der Waals surface area contributed by atoms with Crippen LogP contribution in [0.25, 0.3) is 32.5 Å². The molecule has 4 aromatic carbocycles. The molecule has 350 valence electrons. The third-order valence-corrected chi connectivity index (χ3v) is 10.9. The second-order valence-corrected chi connectivity index (χ2v) is 17.0. The Morgan fingerprint density at radius 2 is 1.32 bits per heavy atom. The van der Waals surface area contributed by atoms with Crippen molar-refractivity contribution in [2.45, 2.75) is 26.4 Å². The number of fused-ring (bicyclic) bond motifs is 2. The number of nitrogens with zero attached hydrogens (tertiary/aromatic N) is 8. The van der Waals surface area contributed by atoms with Gasteiger partial charge in [0.15, 0.2) is 9.54 Å². The number of hydrogen-bond donors (Lipinski definition) is 6. The van der Waals surface area contributed by atoms with Gasteiger partial charge in [0.25, 0.3) is 0 Å². The van der Waals surface area contributed by atoms with Crippen molar-refractivity contribution in [1.82, 2.24) is 34.6 Å². The van der Waals surface area contributed by atoms with Crippen LogP contribution in [0.1, 0.15) is 20.8 Å². The molecule has 20 nitrogen and oxygen atoms in total. The number of azide groups is 1. The van der Waals surface area contributed by atoms with E-state index in [1.54, 1.807) is 4.90 Å². The molecule has 8 N–H and O–H groups in total. The fourth-order valence-corrected chi connectivity index (χ4v) is 7.65. The zero-order valence-electron chi connectivity index (χ0n) is 36.8. The van der Waals surface area contributed by atoms with Crippen LogP contribution in [0.4, 0.5) is 37.6 Å². The van der Waals surface area contributed by atoms with Crippen molar-refractivity contribution in [3.63, 3.8) is 0 Å². The van der Waals surface area contributed by atoms with Crippen molar-refractivity contribution in [1.29, 1.82) is 0 Å². The van der Waals surface area contributed by atoms with Gasteiger partial charge in [-0.25, -0.2) is 4.79 Å². The number of carbonyl (C=O) groups is 1. The molecule has 2 saturated heterocycles. The standard InChI is InChI=1S/C19H24N6OS.C18H26N4O3S.C6H3FN4O2/c20-13-3-1-5-15(17(13)21)25-9-7-24(8-10-25)11-12-26-16-6-2-4-14-18(16)23-19(27)22-14;1-18(2,3)25-17(23)22-9-7-21(8-10-22)11-12-24-14-6-4-5-13-15(14)20-16(26)19-13;7-4-2-1-3-5(9-10-8)6(4)11(12)13/h1-6H,7-12,20-21H2,(H2,22,23,27);4-6H,7-12H2,1-3H3,(H2,19,20,26);1-3H. The average molecular weight is 945 g/mol. The Kier molecular flexibility index (Phi) is 16.4. The number of nitro benzene ring substituents is 1. The predicted octanol–water partition coefficient (Wildman–Crippen LogP) is 8.42. The highest BCUT2D eigenvalue weighted by Gasteiger charge is 2.26. The van der Waals surface area contributed by atoms with Gasteiger partial charge in [0, 0.05) is 70.4 Å². The van der Waals surface area contributed by atoms with Crippen molar-refractivity contribution < 1.29 is 28.3 Å². The molecule has 2 aliphatic rings. The van der Waals surface area contributed by atoms with E-state index in [0.29, 0.717) is 47.2 Å². The second-order valence-electron chi connectivity index (χ2n) is 16.2.